The van der Waals surface area contributed by atoms with E-state index < -0.39 is 0 Å². The summed E-state index contributed by atoms with van der Waals surface area (Å²) in [6.07, 6.45) is 0. The van der Waals surface area contributed by atoms with E-state index in [-0.39, 0.29) is 0 Å². The van der Waals surface area contributed by atoms with E-state index in [2.05, 4.69) is 208 Å². The van der Waals surface area contributed by atoms with E-state index in [1.165, 1.54) is 109 Å². The van der Waals surface area contributed by atoms with E-state index in [1.54, 1.807) is 0 Å². The molecule has 0 radical (unpaired) electrons. The summed E-state index contributed by atoms with van der Waals surface area (Å²) in [5, 5.41) is 14.7. The van der Waals surface area contributed by atoms with Crippen molar-refractivity contribution < 1.29 is 4.42 Å². The zero-order chi connectivity index (χ0) is 39.2. The lowest BCUT2D eigenvalue weighted by molar-refractivity contribution is 0.673. The second-order valence-electron chi connectivity index (χ2n) is 16.1. The summed E-state index contributed by atoms with van der Waals surface area (Å²) in [7, 11) is 0. The molecule has 1 heterocycles. The zero-order valence-electron chi connectivity index (χ0n) is 32.9. The van der Waals surface area contributed by atoms with Gasteiger partial charge in [-0.25, -0.2) is 0 Å². The maximum Gasteiger partial charge on any atom is 0.143 e. The molecule has 0 aliphatic carbocycles. The van der Waals surface area contributed by atoms with Crippen molar-refractivity contribution in [3.63, 3.8) is 0 Å². The molecule has 0 N–H and O–H groups in total. The highest BCUT2D eigenvalue weighted by atomic mass is 16.3. The summed E-state index contributed by atoms with van der Waals surface area (Å²) in [5.41, 5.74) is 14.3. The van der Waals surface area contributed by atoms with Crippen LogP contribution in [0.1, 0.15) is 11.1 Å². The Hall–Kier alpha value is -7.48. The van der Waals surface area contributed by atoms with Gasteiger partial charge in [0.05, 0.1) is 0 Å². The molecule has 0 fully saturated rings. The third-order valence-electron chi connectivity index (χ3n) is 12.7. The van der Waals surface area contributed by atoms with Crippen molar-refractivity contribution in [1.82, 2.24) is 0 Å². The number of benzene rings is 11. The van der Waals surface area contributed by atoms with Gasteiger partial charge in [-0.2, -0.15) is 0 Å². The van der Waals surface area contributed by atoms with Crippen LogP contribution in [-0.2, 0) is 0 Å². The topological polar surface area (TPSA) is 13.1 Å². The number of para-hydroxylation sites is 1. The van der Waals surface area contributed by atoms with Gasteiger partial charge in [0.25, 0.3) is 0 Å². The normalized spacial score (nSPS) is 11.9. The van der Waals surface area contributed by atoms with Crippen LogP contribution >= 0.6 is 0 Å². The van der Waals surface area contributed by atoms with Gasteiger partial charge in [0.2, 0.25) is 0 Å². The van der Waals surface area contributed by atoms with Crippen molar-refractivity contribution in [3.05, 3.63) is 205 Å². The Kier molecular flexibility index (Phi) is 7.43. The molecular weight excluding hydrogens is 713 g/mol. The minimum Gasteiger partial charge on any atom is -0.455 e. The third-order valence-corrected chi connectivity index (χ3v) is 12.7. The van der Waals surface area contributed by atoms with Crippen molar-refractivity contribution in [1.29, 1.82) is 0 Å². The van der Waals surface area contributed by atoms with Crippen LogP contribution in [0, 0.1) is 13.8 Å². The van der Waals surface area contributed by atoms with Gasteiger partial charge in [-0.1, -0.05) is 170 Å². The smallest absolute Gasteiger partial charge is 0.143 e. The quantitative estimate of drug-likeness (QED) is 0.129. The minimum atomic E-state index is 0.921. The summed E-state index contributed by atoms with van der Waals surface area (Å²) >= 11 is 0. The molecule has 12 aromatic rings. The van der Waals surface area contributed by atoms with Crippen LogP contribution in [0.15, 0.2) is 199 Å². The summed E-state index contributed by atoms with van der Waals surface area (Å²) in [6.45, 7) is 4.45. The van der Waals surface area contributed by atoms with Crippen molar-refractivity contribution in [2.45, 2.75) is 13.8 Å². The first-order valence-corrected chi connectivity index (χ1v) is 20.5. The Labute approximate surface area is 342 Å². The maximum atomic E-state index is 6.72. The number of furan rings is 1. The van der Waals surface area contributed by atoms with Gasteiger partial charge in [0, 0.05) is 16.2 Å². The van der Waals surface area contributed by atoms with E-state index >= 15 is 0 Å². The summed E-state index contributed by atoms with van der Waals surface area (Å²) in [4.78, 5) is 0. The molecule has 1 aromatic heterocycles. The van der Waals surface area contributed by atoms with Gasteiger partial charge in [-0.05, 0) is 142 Å². The Bertz CT molecular complexity index is 3610. The number of rotatable bonds is 4. The van der Waals surface area contributed by atoms with Crippen LogP contribution in [0.4, 0.5) is 0 Å². The van der Waals surface area contributed by atoms with Crippen LogP contribution < -0.4 is 0 Å². The van der Waals surface area contributed by atoms with Crippen LogP contribution in [0.5, 0.6) is 0 Å². The van der Waals surface area contributed by atoms with Crippen LogP contribution in [0.25, 0.3) is 120 Å². The molecule has 0 saturated heterocycles. The number of hydrogen-bond donors (Lipinski definition) is 0. The molecule has 0 unspecified atom stereocenters. The molecule has 0 atom stereocenters. The highest BCUT2D eigenvalue weighted by Crippen LogP contribution is 2.47. The molecule has 0 bridgehead atoms. The molecule has 59 heavy (non-hydrogen) atoms. The fourth-order valence-corrected chi connectivity index (χ4v) is 9.77. The number of fused-ring (bicyclic) bond motifs is 12. The SMILES string of the molecule is Cc1cc2c3cc(-c4c5ccccc5c(-c5ccc(-c6cccc(-c7ccccc7)c6)cc5)c5ccccc45)ccc3c3c(ccc4c5ccccc5oc43)c2cc1C. The van der Waals surface area contributed by atoms with Crippen molar-refractivity contribution in [2.75, 3.05) is 0 Å². The average molecular weight is 751 g/mol. The Balaban J connectivity index is 1.08. The van der Waals surface area contributed by atoms with Crippen molar-refractivity contribution >= 4 is 75.8 Å². The number of aryl methyl sites for hydroxylation is 2. The van der Waals surface area contributed by atoms with Crippen LogP contribution in [-0.4, -0.2) is 0 Å². The predicted molar refractivity (Wildman–Crippen MR) is 252 cm³/mol. The minimum absolute atomic E-state index is 0.921. The monoisotopic (exact) mass is 750 g/mol. The van der Waals surface area contributed by atoms with Crippen molar-refractivity contribution in [3.8, 4) is 44.5 Å². The Morgan fingerprint density at radius 3 is 1.36 bits per heavy atom. The van der Waals surface area contributed by atoms with E-state index in [0.29, 0.717) is 0 Å². The number of hydrogen-bond acceptors (Lipinski definition) is 1. The lowest BCUT2D eigenvalue weighted by atomic mass is 9.84. The summed E-state index contributed by atoms with van der Waals surface area (Å²) in [6, 6.07) is 71.4. The molecule has 0 spiro atoms. The first-order chi connectivity index (χ1) is 29.1. The molecule has 0 saturated carbocycles. The summed E-state index contributed by atoms with van der Waals surface area (Å²) < 4.78 is 6.72. The Morgan fingerprint density at radius 1 is 0.271 bits per heavy atom. The van der Waals surface area contributed by atoms with Gasteiger partial charge in [0.15, 0.2) is 0 Å². The van der Waals surface area contributed by atoms with Gasteiger partial charge in [0.1, 0.15) is 11.2 Å². The molecule has 1 heteroatoms. The molecule has 11 aromatic carbocycles. The maximum absolute atomic E-state index is 6.72. The first kappa shape index (κ1) is 33.6. The molecule has 276 valence electrons. The zero-order valence-corrected chi connectivity index (χ0v) is 32.9. The first-order valence-electron chi connectivity index (χ1n) is 20.5. The second kappa shape index (κ2) is 13.0. The molecular formula is C58H38O. The molecule has 0 amide bonds. The van der Waals surface area contributed by atoms with E-state index in [9.17, 15) is 0 Å². The van der Waals surface area contributed by atoms with Gasteiger partial charge >= 0.3 is 0 Å². The lowest BCUT2D eigenvalue weighted by Crippen LogP contribution is -1.92. The fraction of sp³-hybridized carbons (Fsp3) is 0.0345. The molecule has 12 rings (SSSR count). The van der Waals surface area contributed by atoms with Gasteiger partial charge in [-0.3, -0.25) is 0 Å². The fourth-order valence-electron chi connectivity index (χ4n) is 9.77. The van der Waals surface area contributed by atoms with E-state index in [0.717, 1.165) is 21.9 Å². The van der Waals surface area contributed by atoms with E-state index in [4.69, 9.17) is 4.42 Å². The van der Waals surface area contributed by atoms with E-state index in [1.807, 2.05) is 0 Å². The average Bonchev–Trinajstić information content (AvgIpc) is 3.68. The summed E-state index contributed by atoms with van der Waals surface area (Å²) in [5.74, 6) is 0. The van der Waals surface area contributed by atoms with Gasteiger partial charge < -0.3 is 4.42 Å². The molecule has 1 nitrogen and oxygen atoms in total. The molecule has 0 aliphatic heterocycles. The third kappa shape index (κ3) is 5.18. The van der Waals surface area contributed by atoms with Gasteiger partial charge in [-0.15, -0.1) is 0 Å². The Morgan fingerprint density at radius 2 is 0.712 bits per heavy atom. The highest BCUT2D eigenvalue weighted by Gasteiger charge is 2.20. The van der Waals surface area contributed by atoms with Crippen LogP contribution in [0.2, 0.25) is 0 Å². The molecule has 0 aliphatic rings. The second-order valence-corrected chi connectivity index (χ2v) is 16.1. The lowest BCUT2D eigenvalue weighted by Gasteiger charge is -2.19. The van der Waals surface area contributed by atoms with Crippen molar-refractivity contribution in [2.24, 2.45) is 0 Å². The largest absolute Gasteiger partial charge is 0.455 e. The highest BCUT2D eigenvalue weighted by molar-refractivity contribution is 6.33. The van der Waals surface area contributed by atoms with Crippen LogP contribution in [0.3, 0.4) is 0 Å². The predicted octanol–water partition coefficient (Wildman–Crippen LogP) is 16.6. The standard InChI is InChI=1S/C58H38O/c1-35-31-51-49-29-30-50-43-17-10-11-22-54(43)59-58(50)57(49)48-28-27-42(34-53(48)52(51)32-36(35)2)56-46-20-8-6-18-44(46)55(45-19-7-9-21-47(45)56)39-25-23-38(24-26-39)41-16-12-15-40(33-41)37-13-4-3-5-14-37/h3-34H,1-2H3.